The minimum absolute atomic E-state index is 0.215. The van der Waals surface area contributed by atoms with Crippen LogP contribution in [0.4, 0.5) is 5.69 Å². The number of carbonyl (C=O) groups is 1. The fourth-order valence-corrected chi connectivity index (χ4v) is 1.92. The van der Waals surface area contributed by atoms with Crippen molar-refractivity contribution in [2.75, 3.05) is 18.5 Å². The van der Waals surface area contributed by atoms with E-state index in [0.29, 0.717) is 10.9 Å². The number of halogens is 1. The SMILES string of the molecule is CC(C)CN(C)c1ccc(C(=O)O)cc1Cl. The third-order valence-electron chi connectivity index (χ3n) is 2.24. The molecule has 0 aliphatic rings. The third-order valence-corrected chi connectivity index (χ3v) is 2.55. The Kier molecular flexibility index (Phi) is 4.19. The molecule has 1 aromatic carbocycles. The lowest BCUT2D eigenvalue weighted by Crippen LogP contribution is -2.22. The Labute approximate surface area is 101 Å². The molecule has 88 valence electrons. The fourth-order valence-electron chi connectivity index (χ4n) is 1.60. The maximum atomic E-state index is 10.7. The number of rotatable bonds is 4. The van der Waals surface area contributed by atoms with Crippen molar-refractivity contribution in [2.24, 2.45) is 5.92 Å². The molecular weight excluding hydrogens is 226 g/mol. The maximum absolute atomic E-state index is 10.7. The summed E-state index contributed by atoms with van der Waals surface area (Å²) >= 11 is 6.05. The largest absolute Gasteiger partial charge is 0.478 e. The first kappa shape index (κ1) is 12.8. The van der Waals surface area contributed by atoms with E-state index in [1.165, 1.54) is 6.07 Å². The van der Waals surface area contributed by atoms with E-state index in [-0.39, 0.29) is 5.56 Å². The molecule has 0 heterocycles. The standard InChI is InChI=1S/C12H16ClNO2/c1-8(2)7-14(3)11-5-4-9(12(15)16)6-10(11)13/h4-6,8H,7H2,1-3H3,(H,15,16). The monoisotopic (exact) mass is 241 g/mol. The molecule has 0 fully saturated rings. The van der Waals surface area contributed by atoms with Crippen LogP contribution in [-0.2, 0) is 0 Å². The van der Waals surface area contributed by atoms with Crippen molar-refractivity contribution < 1.29 is 9.90 Å². The molecule has 1 N–H and O–H groups in total. The minimum Gasteiger partial charge on any atom is -0.478 e. The number of nitrogens with zero attached hydrogens (tertiary/aromatic N) is 1. The van der Waals surface area contributed by atoms with Crippen molar-refractivity contribution in [3.8, 4) is 0 Å². The van der Waals surface area contributed by atoms with Crippen molar-refractivity contribution in [3.05, 3.63) is 28.8 Å². The van der Waals surface area contributed by atoms with Gasteiger partial charge in [0.2, 0.25) is 0 Å². The van der Waals surface area contributed by atoms with Crippen LogP contribution in [0.1, 0.15) is 24.2 Å². The third kappa shape index (κ3) is 3.14. The second kappa shape index (κ2) is 5.21. The Morgan fingerprint density at radius 2 is 2.12 bits per heavy atom. The Bertz CT molecular complexity index is 391. The minimum atomic E-state index is -0.958. The van der Waals surface area contributed by atoms with Gasteiger partial charge < -0.3 is 10.0 Å². The summed E-state index contributed by atoms with van der Waals surface area (Å²) in [7, 11) is 1.95. The van der Waals surface area contributed by atoms with Gasteiger partial charge in [-0.25, -0.2) is 4.79 Å². The summed E-state index contributed by atoms with van der Waals surface area (Å²) in [6.45, 7) is 5.12. The van der Waals surface area contributed by atoms with Crippen molar-refractivity contribution in [3.63, 3.8) is 0 Å². The maximum Gasteiger partial charge on any atom is 0.335 e. The smallest absolute Gasteiger partial charge is 0.335 e. The summed E-state index contributed by atoms with van der Waals surface area (Å²) in [6, 6.07) is 4.80. The molecule has 0 saturated heterocycles. The zero-order valence-corrected chi connectivity index (χ0v) is 10.5. The van der Waals surface area contributed by atoms with E-state index in [2.05, 4.69) is 13.8 Å². The number of benzene rings is 1. The number of carboxylic acid groups (broad SMARTS) is 1. The molecule has 0 aliphatic heterocycles. The predicted octanol–water partition coefficient (Wildman–Crippen LogP) is 3.13. The highest BCUT2D eigenvalue weighted by Crippen LogP contribution is 2.26. The Morgan fingerprint density at radius 3 is 2.56 bits per heavy atom. The van der Waals surface area contributed by atoms with E-state index in [1.807, 2.05) is 11.9 Å². The van der Waals surface area contributed by atoms with Crippen LogP contribution in [0.2, 0.25) is 5.02 Å². The lowest BCUT2D eigenvalue weighted by atomic mass is 10.1. The molecule has 0 aliphatic carbocycles. The molecule has 0 atom stereocenters. The molecule has 0 spiro atoms. The Balaban J connectivity index is 2.94. The van der Waals surface area contributed by atoms with Gasteiger partial charge >= 0.3 is 5.97 Å². The molecule has 16 heavy (non-hydrogen) atoms. The molecule has 0 radical (unpaired) electrons. The van der Waals surface area contributed by atoms with Crippen molar-refractivity contribution in [2.45, 2.75) is 13.8 Å². The average molecular weight is 242 g/mol. The van der Waals surface area contributed by atoms with Gasteiger partial charge in [-0.1, -0.05) is 25.4 Å². The zero-order valence-electron chi connectivity index (χ0n) is 9.70. The molecule has 0 amide bonds. The average Bonchev–Trinajstić information content (AvgIpc) is 2.15. The van der Waals surface area contributed by atoms with Crippen LogP contribution in [0.15, 0.2) is 18.2 Å². The van der Waals surface area contributed by atoms with E-state index in [4.69, 9.17) is 16.7 Å². The van der Waals surface area contributed by atoms with Crippen LogP contribution < -0.4 is 4.90 Å². The van der Waals surface area contributed by atoms with Crippen molar-refractivity contribution in [1.82, 2.24) is 0 Å². The first-order valence-corrected chi connectivity index (χ1v) is 5.53. The number of anilines is 1. The molecule has 0 bridgehead atoms. The molecule has 3 nitrogen and oxygen atoms in total. The van der Waals surface area contributed by atoms with Gasteiger partial charge in [-0.05, 0) is 24.1 Å². The van der Waals surface area contributed by atoms with E-state index in [9.17, 15) is 4.79 Å². The first-order chi connectivity index (χ1) is 7.41. The van der Waals surface area contributed by atoms with Gasteiger partial charge in [-0.3, -0.25) is 0 Å². The predicted molar refractivity (Wildman–Crippen MR) is 66.5 cm³/mol. The molecule has 0 aromatic heterocycles. The van der Waals surface area contributed by atoms with Gasteiger partial charge in [-0.15, -0.1) is 0 Å². The van der Waals surface area contributed by atoms with Gasteiger partial charge in [0.25, 0.3) is 0 Å². The topological polar surface area (TPSA) is 40.5 Å². The molecule has 0 saturated carbocycles. The van der Waals surface area contributed by atoms with Crippen LogP contribution in [0.25, 0.3) is 0 Å². The van der Waals surface area contributed by atoms with Gasteiger partial charge in [0.1, 0.15) is 0 Å². The zero-order chi connectivity index (χ0) is 12.3. The van der Waals surface area contributed by atoms with E-state index in [1.54, 1.807) is 12.1 Å². The molecule has 4 heteroatoms. The first-order valence-electron chi connectivity index (χ1n) is 5.15. The fraction of sp³-hybridized carbons (Fsp3) is 0.417. The van der Waals surface area contributed by atoms with Crippen LogP contribution in [0, 0.1) is 5.92 Å². The summed E-state index contributed by atoms with van der Waals surface area (Å²) in [5, 5.41) is 9.29. The molecule has 1 aromatic rings. The second-order valence-corrected chi connectivity index (χ2v) is 4.65. The van der Waals surface area contributed by atoms with E-state index < -0.39 is 5.97 Å². The van der Waals surface area contributed by atoms with Crippen molar-refractivity contribution >= 4 is 23.3 Å². The lowest BCUT2D eigenvalue weighted by molar-refractivity contribution is 0.0697. The van der Waals surface area contributed by atoms with Crippen LogP contribution in [0.5, 0.6) is 0 Å². The summed E-state index contributed by atoms with van der Waals surface area (Å²) in [4.78, 5) is 12.8. The molecular formula is C12H16ClNO2. The lowest BCUT2D eigenvalue weighted by Gasteiger charge is -2.22. The molecule has 1 rings (SSSR count). The highest BCUT2D eigenvalue weighted by molar-refractivity contribution is 6.33. The second-order valence-electron chi connectivity index (χ2n) is 4.25. The summed E-state index contributed by atoms with van der Waals surface area (Å²) in [6.07, 6.45) is 0. The van der Waals surface area contributed by atoms with Gasteiger partial charge in [0.15, 0.2) is 0 Å². The number of carboxylic acids is 1. The van der Waals surface area contributed by atoms with Crippen LogP contribution in [-0.4, -0.2) is 24.7 Å². The summed E-state index contributed by atoms with van der Waals surface area (Å²) in [5.41, 5.74) is 1.08. The Hall–Kier alpha value is -1.22. The van der Waals surface area contributed by atoms with E-state index in [0.717, 1.165) is 12.2 Å². The molecule has 0 unspecified atom stereocenters. The van der Waals surface area contributed by atoms with Gasteiger partial charge in [-0.2, -0.15) is 0 Å². The number of aromatic carboxylic acids is 1. The van der Waals surface area contributed by atoms with E-state index >= 15 is 0 Å². The normalized spacial score (nSPS) is 10.6. The van der Waals surface area contributed by atoms with Gasteiger partial charge in [0.05, 0.1) is 16.3 Å². The highest BCUT2D eigenvalue weighted by Gasteiger charge is 2.10. The van der Waals surface area contributed by atoms with Gasteiger partial charge in [0, 0.05) is 13.6 Å². The summed E-state index contributed by atoms with van der Waals surface area (Å²) in [5.74, 6) is -0.430. The quantitative estimate of drug-likeness (QED) is 0.881. The van der Waals surface area contributed by atoms with Crippen molar-refractivity contribution in [1.29, 1.82) is 0 Å². The van der Waals surface area contributed by atoms with Crippen LogP contribution >= 0.6 is 11.6 Å². The number of hydrogen-bond donors (Lipinski definition) is 1. The number of hydrogen-bond acceptors (Lipinski definition) is 2. The van der Waals surface area contributed by atoms with Crippen LogP contribution in [0.3, 0.4) is 0 Å². The summed E-state index contributed by atoms with van der Waals surface area (Å²) < 4.78 is 0. The Morgan fingerprint density at radius 1 is 1.50 bits per heavy atom. The highest BCUT2D eigenvalue weighted by atomic mass is 35.5.